The molecule has 0 radical (unpaired) electrons. The van der Waals surface area contributed by atoms with Crippen molar-refractivity contribution in [2.75, 3.05) is 11.4 Å². The lowest BCUT2D eigenvalue weighted by Crippen LogP contribution is -2.34. The number of nitrogens with zero attached hydrogens (tertiary/aromatic N) is 1. The zero-order valence-corrected chi connectivity index (χ0v) is 9.40. The molecule has 2 N–H and O–H groups in total. The molecule has 1 aliphatic rings. The van der Waals surface area contributed by atoms with Crippen LogP contribution in [0.1, 0.15) is 25.5 Å². The summed E-state index contributed by atoms with van der Waals surface area (Å²) in [5.74, 6) is -0.144. The highest BCUT2D eigenvalue weighted by Crippen LogP contribution is 2.35. The number of fused-ring (bicyclic) bond motifs is 1. The second-order valence-corrected chi connectivity index (χ2v) is 4.52. The van der Waals surface area contributed by atoms with Gasteiger partial charge >= 0.3 is 0 Å². The Morgan fingerprint density at radius 2 is 2.19 bits per heavy atom. The van der Waals surface area contributed by atoms with E-state index in [-0.39, 0.29) is 11.7 Å². The van der Waals surface area contributed by atoms with Crippen LogP contribution in [0.15, 0.2) is 18.2 Å². The number of carbonyl (C=O) groups excluding carboxylic acids is 1. The Hall–Kier alpha value is -1.42. The molecular formula is C12H15FN2O. The van der Waals surface area contributed by atoms with Crippen molar-refractivity contribution in [2.24, 2.45) is 11.7 Å². The maximum atomic E-state index is 13.1. The van der Waals surface area contributed by atoms with E-state index in [1.165, 1.54) is 12.1 Å². The molecule has 0 aliphatic carbocycles. The summed E-state index contributed by atoms with van der Waals surface area (Å²) in [6.07, 6.45) is 0. The van der Waals surface area contributed by atoms with E-state index < -0.39 is 6.04 Å². The maximum absolute atomic E-state index is 13.1. The van der Waals surface area contributed by atoms with Gasteiger partial charge in [-0.3, -0.25) is 4.79 Å². The third-order valence-electron chi connectivity index (χ3n) is 2.70. The number of nitrogens with two attached hydrogens (primary N) is 1. The second-order valence-electron chi connectivity index (χ2n) is 4.52. The van der Waals surface area contributed by atoms with Crippen LogP contribution in [-0.4, -0.2) is 12.5 Å². The van der Waals surface area contributed by atoms with Gasteiger partial charge in [0.2, 0.25) is 5.91 Å². The molecule has 1 aromatic carbocycles. The van der Waals surface area contributed by atoms with Crippen LogP contribution >= 0.6 is 0 Å². The van der Waals surface area contributed by atoms with Gasteiger partial charge in [-0.1, -0.05) is 13.8 Å². The van der Waals surface area contributed by atoms with Crippen LogP contribution in [0.5, 0.6) is 0 Å². The van der Waals surface area contributed by atoms with Gasteiger partial charge in [-0.15, -0.1) is 0 Å². The molecule has 1 atom stereocenters. The first-order chi connectivity index (χ1) is 7.50. The van der Waals surface area contributed by atoms with Gasteiger partial charge in [-0.2, -0.15) is 0 Å². The van der Waals surface area contributed by atoms with E-state index in [0.717, 1.165) is 5.69 Å². The first-order valence-corrected chi connectivity index (χ1v) is 5.37. The van der Waals surface area contributed by atoms with Crippen molar-refractivity contribution >= 4 is 11.6 Å². The summed E-state index contributed by atoms with van der Waals surface area (Å²) in [7, 11) is 0. The third kappa shape index (κ3) is 1.69. The molecule has 0 saturated heterocycles. The Bertz CT molecular complexity index is 431. The van der Waals surface area contributed by atoms with E-state index >= 15 is 0 Å². The standard InChI is InChI=1S/C12H15FN2O/c1-7(2)6-15-10-4-3-8(13)5-9(10)11(14)12(15)16/h3-5,7,11H,6,14H2,1-2H3/t11-/m1/s1. The van der Waals surface area contributed by atoms with Gasteiger partial charge in [-0.25, -0.2) is 4.39 Å². The summed E-state index contributed by atoms with van der Waals surface area (Å²) < 4.78 is 13.1. The number of amides is 1. The predicted octanol–water partition coefficient (Wildman–Crippen LogP) is 1.83. The lowest BCUT2D eigenvalue weighted by Gasteiger charge is -2.19. The SMILES string of the molecule is CC(C)CN1C(=O)[C@H](N)c2cc(F)ccc21. The molecule has 2 rings (SSSR count). The minimum absolute atomic E-state index is 0.144. The number of carbonyl (C=O) groups is 1. The normalized spacial score (nSPS) is 19.4. The molecule has 86 valence electrons. The van der Waals surface area contributed by atoms with Crippen LogP contribution < -0.4 is 10.6 Å². The second kappa shape index (κ2) is 3.87. The van der Waals surface area contributed by atoms with E-state index in [1.807, 2.05) is 13.8 Å². The molecule has 4 heteroatoms. The first-order valence-electron chi connectivity index (χ1n) is 5.37. The fourth-order valence-corrected chi connectivity index (χ4v) is 1.99. The Morgan fingerprint density at radius 1 is 1.50 bits per heavy atom. The van der Waals surface area contributed by atoms with Crippen LogP contribution in [0.2, 0.25) is 0 Å². The smallest absolute Gasteiger partial charge is 0.248 e. The van der Waals surface area contributed by atoms with Gasteiger partial charge in [0.25, 0.3) is 0 Å². The molecule has 0 spiro atoms. The summed E-state index contributed by atoms with van der Waals surface area (Å²) in [5.41, 5.74) is 7.10. The molecule has 1 amide bonds. The van der Waals surface area contributed by atoms with Gasteiger partial charge in [0.1, 0.15) is 11.9 Å². The molecule has 1 aromatic rings. The number of anilines is 1. The molecule has 0 bridgehead atoms. The zero-order chi connectivity index (χ0) is 11.9. The van der Waals surface area contributed by atoms with Crippen molar-refractivity contribution < 1.29 is 9.18 Å². The molecule has 0 unspecified atom stereocenters. The van der Waals surface area contributed by atoms with Crippen molar-refractivity contribution in [3.05, 3.63) is 29.6 Å². The number of benzene rings is 1. The zero-order valence-electron chi connectivity index (χ0n) is 9.40. The van der Waals surface area contributed by atoms with Crippen LogP contribution in [0, 0.1) is 11.7 Å². The molecule has 0 saturated carbocycles. The summed E-state index contributed by atoms with van der Waals surface area (Å²) in [6, 6.07) is 3.61. The Labute approximate surface area is 94.0 Å². The quantitative estimate of drug-likeness (QED) is 0.829. The van der Waals surface area contributed by atoms with Gasteiger partial charge < -0.3 is 10.6 Å². The van der Waals surface area contributed by atoms with Crippen LogP contribution in [0.25, 0.3) is 0 Å². The highest BCUT2D eigenvalue weighted by Gasteiger charge is 2.34. The average Bonchev–Trinajstić information content (AvgIpc) is 2.43. The molecule has 1 aliphatic heterocycles. The number of rotatable bonds is 2. The lowest BCUT2D eigenvalue weighted by molar-refractivity contribution is -0.119. The minimum Gasteiger partial charge on any atom is -0.316 e. The highest BCUT2D eigenvalue weighted by molar-refractivity contribution is 6.04. The van der Waals surface area contributed by atoms with E-state index in [2.05, 4.69) is 0 Å². The molecule has 16 heavy (non-hydrogen) atoms. The molecule has 0 aromatic heterocycles. The Kier molecular flexibility index (Phi) is 2.68. The van der Waals surface area contributed by atoms with E-state index in [1.54, 1.807) is 11.0 Å². The number of hydrogen-bond donors (Lipinski definition) is 1. The average molecular weight is 222 g/mol. The maximum Gasteiger partial charge on any atom is 0.248 e. The van der Waals surface area contributed by atoms with Crippen molar-refractivity contribution in [3.8, 4) is 0 Å². The van der Waals surface area contributed by atoms with Gasteiger partial charge in [0.15, 0.2) is 0 Å². The van der Waals surface area contributed by atoms with Crippen LogP contribution in [0.4, 0.5) is 10.1 Å². The minimum atomic E-state index is -0.718. The third-order valence-corrected chi connectivity index (χ3v) is 2.70. The fraction of sp³-hybridized carbons (Fsp3) is 0.417. The lowest BCUT2D eigenvalue weighted by atomic mass is 10.1. The summed E-state index contributed by atoms with van der Waals surface area (Å²) in [4.78, 5) is 13.5. The van der Waals surface area contributed by atoms with Crippen molar-refractivity contribution in [3.63, 3.8) is 0 Å². The summed E-state index contributed by atoms with van der Waals surface area (Å²) in [6.45, 7) is 4.67. The molecule has 3 nitrogen and oxygen atoms in total. The Morgan fingerprint density at radius 3 is 2.81 bits per heavy atom. The fourth-order valence-electron chi connectivity index (χ4n) is 1.99. The monoisotopic (exact) mass is 222 g/mol. The molecule has 1 heterocycles. The number of hydrogen-bond acceptors (Lipinski definition) is 2. The summed E-state index contributed by atoms with van der Waals surface area (Å²) in [5, 5.41) is 0. The van der Waals surface area contributed by atoms with Crippen molar-refractivity contribution in [1.29, 1.82) is 0 Å². The predicted molar refractivity (Wildman–Crippen MR) is 60.5 cm³/mol. The van der Waals surface area contributed by atoms with Crippen molar-refractivity contribution in [2.45, 2.75) is 19.9 Å². The Balaban J connectivity index is 2.42. The highest BCUT2D eigenvalue weighted by atomic mass is 19.1. The summed E-state index contributed by atoms with van der Waals surface area (Å²) >= 11 is 0. The first kappa shape index (κ1) is 11.1. The topological polar surface area (TPSA) is 46.3 Å². The van der Waals surface area contributed by atoms with Crippen LogP contribution in [-0.2, 0) is 4.79 Å². The van der Waals surface area contributed by atoms with E-state index in [4.69, 9.17) is 5.73 Å². The van der Waals surface area contributed by atoms with E-state index in [9.17, 15) is 9.18 Å². The largest absolute Gasteiger partial charge is 0.316 e. The van der Waals surface area contributed by atoms with Gasteiger partial charge in [0, 0.05) is 17.8 Å². The van der Waals surface area contributed by atoms with E-state index in [0.29, 0.717) is 18.0 Å². The van der Waals surface area contributed by atoms with Gasteiger partial charge in [-0.05, 0) is 24.1 Å². The van der Waals surface area contributed by atoms with Crippen molar-refractivity contribution in [1.82, 2.24) is 0 Å². The number of halogens is 1. The molecular weight excluding hydrogens is 207 g/mol. The molecule has 0 fully saturated rings. The van der Waals surface area contributed by atoms with Gasteiger partial charge in [0.05, 0.1) is 0 Å². The van der Waals surface area contributed by atoms with Crippen LogP contribution in [0.3, 0.4) is 0 Å².